The van der Waals surface area contributed by atoms with E-state index < -0.39 is 42.1 Å². The zero-order chi connectivity index (χ0) is 16.6. The van der Waals surface area contributed by atoms with Crippen molar-refractivity contribution in [2.24, 2.45) is 17.2 Å². The number of esters is 3. The summed E-state index contributed by atoms with van der Waals surface area (Å²) in [6, 6.07) is -2.50. The van der Waals surface area contributed by atoms with Gasteiger partial charge in [-0.1, -0.05) is 0 Å². The Bertz CT molecular complexity index is 346. The Kier molecular flexibility index (Phi) is 8.51. The highest BCUT2D eigenvalue weighted by molar-refractivity contribution is 5.76. The van der Waals surface area contributed by atoms with E-state index in [-0.39, 0.29) is 13.2 Å². The van der Waals surface area contributed by atoms with E-state index in [4.69, 9.17) is 31.4 Å². The predicted molar refractivity (Wildman–Crippen MR) is 72.7 cm³/mol. The summed E-state index contributed by atoms with van der Waals surface area (Å²) in [7, 11) is 0. The monoisotopic (exact) mass is 305 g/mol. The van der Waals surface area contributed by atoms with Gasteiger partial charge in [-0.15, -0.1) is 0 Å². The van der Waals surface area contributed by atoms with Gasteiger partial charge in [-0.05, 0) is 20.8 Å². The van der Waals surface area contributed by atoms with Gasteiger partial charge in [0.2, 0.25) is 0 Å². The standard InChI is InChI=1S/C12H23N3O6/c1-6(13)10(16)19-4-9(21-12(18)8(3)15)5-20-11(17)7(2)14/h6-9H,4-5,13-15H2,1-3H3. The van der Waals surface area contributed by atoms with Crippen LogP contribution < -0.4 is 17.2 Å². The van der Waals surface area contributed by atoms with Gasteiger partial charge in [0.15, 0.2) is 6.10 Å². The number of ether oxygens (including phenoxy) is 3. The molecule has 0 radical (unpaired) electrons. The molecule has 0 aromatic rings. The molecule has 0 bridgehead atoms. The average molecular weight is 305 g/mol. The summed E-state index contributed by atoms with van der Waals surface area (Å²) >= 11 is 0. The van der Waals surface area contributed by atoms with Crippen LogP contribution in [0.4, 0.5) is 0 Å². The third-order valence-electron chi connectivity index (χ3n) is 2.22. The van der Waals surface area contributed by atoms with Gasteiger partial charge in [-0.2, -0.15) is 0 Å². The Morgan fingerprint density at radius 2 is 1.10 bits per heavy atom. The molecular weight excluding hydrogens is 282 g/mol. The van der Waals surface area contributed by atoms with Crippen LogP contribution in [-0.4, -0.2) is 55.4 Å². The van der Waals surface area contributed by atoms with Crippen molar-refractivity contribution < 1.29 is 28.6 Å². The highest BCUT2D eigenvalue weighted by Crippen LogP contribution is 2.00. The number of hydrogen-bond donors (Lipinski definition) is 3. The fourth-order valence-electron chi connectivity index (χ4n) is 1.00. The van der Waals surface area contributed by atoms with E-state index >= 15 is 0 Å². The molecule has 21 heavy (non-hydrogen) atoms. The molecule has 0 aromatic heterocycles. The van der Waals surface area contributed by atoms with Crippen LogP contribution in [0, 0.1) is 0 Å². The van der Waals surface area contributed by atoms with Gasteiger partial charge in [0.05, 0.1) is 0 Å². The normalized spacial score (nSPS) is 16.3. The SMILES string of the molecule is CC(N)C(=O)OCC(COC(=O)C(C)N)OC(=O)C(C)N. The summed E-state index contributed by atoms with van der Waals surface area (Å²) in [5.74, 6) is -2.06. The van der Waals surface area contributed by atoms with E-state index in [2.05, 4.69) is 0 Å². The molecule has 0 rings (SSSR count). The molecule has 0 heterocycles. The fraction of sp³-hybridized carbons (Fsp3) is 0.750. The van der Waals surface area contributed by atoms with Gasteiger partial charge in [-0.3, -0.25) is 14.4 Å². The highest BCUT2D eigenvalue weighted by Gasteiger charge is 2.22. The summed E-state index contributed by atoms with van der Waals surface area (Å²) in [5, 5.41) is 0. The van der Waals surface area contributed by atoms with Crippen molar-refractivity contribution in [3.63, 3.8) is 0 Å². The first-order valence-electron chi connectivity index (χ1n) is 6.45. The summed E-state index contributed by atoms with van der Waals surface area (Å²) in [4.78, 5) is 34.0. The van der Waals surface area contributed by atoms with Crippen molar-refractivity contribution in [3.05, 3.63) is 0 Å². The molecule has 0 saturated heterocycles. The maximum atomic E-state index is 11.4. The van der Waals surface area contributed by atoms with E-state index in [1.165, 1.54) is 20.8 Å². The first kappa shape index (κ1) is 19.3. The Balaban J connectivity index is 4.50. The van der Waals surface area contributed by atoms with Gasteiger partial charge < -0.3 is 31.4 Å². The molecule has 0 amide bonds. The topological polar surface area (TPSA) is 157 Å². The number of nitrogens with two attached hydrogens (primary N) is 3. The van der Waals surface area contributed by atoms with Crippen molar-refractivity contribution in [2.45, 2.75) is 45.0 Å². The largest absolute Gasteiger partial charge is 0.460 e. The summed E-state index contributed by atoms with van der Waals surface area (Å²) < 4.78 is 14.6. The Hall–Kier alpha value is -1.71. The zero-order valence-corrected chi connectivity index (χ0v) is 12.4. The summed E-state index contributed by atoms with van der Waals surface area (Å²) in [6.07, 6.45) is -0.978. The molecule has 0 aromatic carbocycles. The first-order chi connectivity index (χ1) is 9.65. The maximum absolute atomic E-state index is 11.4. The molecule has 0 aliphatic carbocycles. The Morgan fingerprint density at radius 1 is 0.762 bits per heavy atom. The minimum atomic E-state index is -0.978. The minimum Gasteiger partial charge on any atom is -0.460 e. The number of carbonyl (C=O) groups is 3. The molecule has 0 aliphatic heterocycles. The molecule has 122 valence electrons. The van der Waals surface area contributed by atoms with Crippen LogP contribution in [0.15, 0.2) is 0 Å². The molecule has 9 heteroatoms. The number of rotatable bonds is 8. The molecule has 0 spiro atoms. The molecule has 3 atom stereocenters. The predicted octanol–water partition coefficient (Wildman–Crippen LogP) is -1.97. The second kappa shape index (κ2) is 9.27. The van der Waals surface area contributed by atoms with Crippen LogP contribution in [0.5, 0.6) is 0 Å². The van der Waals surface area contributed by atoms with Crippen molar-refractivity contribution in [3.8, 4) is 0 Å². The van der Waals surface area contributed by atoms with Gasteiger partial charge >= 0.3 is 17.9 Å². The van der Waals surface area contributed by atoms with Crippen LogP contribution >= 0.6 is 0 Å². The lowest BCUT2D eigenvalue weighted by Gasteiger charge is -2.20. The number of hydrogen-bond acceptors (Lipinski definition) is 9. The second-order valence-electron chi connectivity index (χ2n) is 4.69. The second-order valence-corrected chi connectivity index (χ2v) is 4.69. The van der Waals surface area contributed by atoms with E-state index in [1.807, 2.05) is 0 Å². The van der Waals surface area contributed by atoms with Crippen LogP contribution in [0.1, 0.15) is 20.8 Å². The van der Waals surface area contributed by atoms with Crippen molar-refractivity contribution in [1.82, 2.24) is 0 Å². The van der Waals surface area contributed by atoms with E-state index in [9.17, 15) is 14.4 Å². The maximum Gasteiger partial charge on any atom is 0.323 e. The minimum absolute atomic E-state index is 0.301. The lowest BCUT2D eigenvalue weighted by molar-refractivity contribution is -0.168. The van der Waals surface area contributed by atoms with Crippen molar-refractivity contribution in [1.29, 1.82) is 0 Å². The molecule has 3 unspecified atom stereocenters. The van der Waals surface area contributed by atoms with Crippen molar-refractivity contribution >= 4 is 17.9 Å². The quantitative estimate of drug-likeness (QED) is 0.341. The molecule has 0 fully saturated rings. The lowest BCUT2D eigenvalue weighted by Crippen LogP contribution is -2.39. The molecular formula is C12H23N3O6. The van der Waals surface area contributed by atoms with Gasteiger partial charge in [0, 0.05) is 0 Å². The average Bonchev–Trinajstić information content (AvgIpc) is 2.40. The van der Waals surface area contributed by atoms with Gasteiger partial charge in [-0.25, -0.2) is 0 Å². The third-order valence-corrected chi connectivity index (χ3v) is 2.22. The van der Waals surface area contributed by atoms with Crippen LogP contribution in [0.3, 0.4) is 0 Å². The van der Waals surface area contributed by atoms with Gasteiger partial charge in [0.1, 0.15) is 31.3 Å². The van der Waals surface area contributed by atoms with Crippen LogP contribution in [0.2, 0.25) is 0 Å². The van der Waals surface area contributed by atoms with E-state index in [0.717, 1.165) is 0 Å². The van der Waals surface area contributed by atoms with Gasteiger partial charge in [0.25, 0.3) is 0 Å². The number of carbonyl (C=O) groups excluding carboxylic acids is 3. The summed E-state index contributed by atoms with van der Waals surface area (Å²) in [6.45, 7) is 3.72. The summed E-state index contributed by atoms with van der Waals surface area (Å²) in [5.41, 5.74) is 16.0. The lowest BCUT2D eigenvalue weighted by atomic mass is 10.3. The zero-order valence-electron chi connectivity index (χ0n) is 12.4. The van der Waals surface area contributed by atoms with Crippen molar-refractivity contribution in [2.75, 3.05) is 13.2 Å². The Labute approximate surface area is 123 Å². The van der Waals surface area contributed by atoms with E-state index in [1.54, 1.807) is 0 Å². The fourth-order valence-corrected chi connectivity index (χ4v) is 1.00. The van der Waals surface area contributed by atoms with E-state index in [0.29, 0.717) is 0 Å². The molecule has 0 aliphatic rings. The highest BCUT2D eigenvalue weighted by atomic mass is 16.6. The molecule has 9 nitrogen and oxygen atoms in total. The molecule has 6 N–H and O–H groups in total. The van der Waals surface area contributed by atoms with Crippen LogP contribution in [-0.2, 0) is 28.6 Å². The molecule has 0 saturated carbocycles. The Morgan fingerprint density at radius 3 is 1.38 bits per heavy atom. The third kappa shape index (κ3) is 8.23. The first-order valence-corrected chi connectivity index (χ1v) is 6.45. The smallest absolute Gasteiger partial charge is 0.323 e. The van der Waals surface area contributed by atoms with Crippen LogP contribution in [0.25, 0.3) is 0 Å².